The van der Waals surface area contributed by atoms with Gasteiger partial charge in [-0.05, 0) is 26.7 Å². The second-order valence-corrected chi connectivity index (χ2v) is 5.83. The summed E-state index contributed by atoms with van der Waals surface area (Å²) in [5, 5.41) is 6.15. The summed E-state index contributed by atoms with van der Waals surface area (Å²) < 4.78 is 10.4. The molecule has 1 saturated heterocycles. The number of nitrogens with one attached hydrogen (secondary N) is 1. The highest BCUT2D eigenvalue weighted by Crippen LogP contribution is 2.26. The number of ether oxygens (including phenoxy) is 2. The van der Waals surface area contributed by atoms with Crippen LogP contribution in [0.2, 0.25) is 0 Å². The number of nitrogens with zero attached hydrogens (tertiary/aromatic N) is 1. The van der Waals surface area contributed by atoms with E-state index in [4.69, 9.17) is 9.47 Å². The van der Waals surface area contributed by atoms with Gasteiger partial charge in [0, 0.05) is 12.0 Å². The van der Waals surface area contributed by atoms with Crippen LogP contribution in [-0.2, 0) is 20.7 Å². The maximum absolute atomic E-state index is 11.4. The average molecular weight is 284 g/mol. The van der Waals surface area contributed by atoms with Crippen molar-refractivity contribution in [3.63, 3.8) is 0 Å². The third-order valence-electron chi connectivity index (χ3n) is 3.03. The number of anilines is 1. The largest absolute Gasteiger partial charge is 0.466 e. The van der Waals surface area contributed by atoms with E-state index >= 15 is 0 Å². The second-order valence-electron chi connectivity index (χ2n) is 4.97. The Balaban J connectivity index is 1.91. The lowest BCUT2D eigenvalue weighted by Gasteiger charge is -2.34. The van der Waals surface area contributed by atoms with Crippen molar-refractivity contribution in [2.45, 2.75) is 38.6 Å². The number of aromatic nitrogens is 1. The molecule has 0 amide bonds. The van der Waals surface area contributed by atoms with Crippen LogP contribution >= 0.6 is 11.3 Å². The molecule has 0 spiro atoms. The molecule has 0 saturated carbocycles. The van der Waals surface area contributed by atoms with E-state index in [0.717, 1.165) is 30.3 Å². The van der Waals surface area contributed by atoms with Crippen molar-refractivity contribution in [1.82, 2.24) is 4.98 Å². The highest BCUT2D eigenvalue weighted by atomic mass is 32.1. The van der Waals surface area contributed by atoms with Gasteiger partial charge in [0.25, 0.3) is 0 Å². The smallest absolute Gasteiger partial charge is 0.311 e. The van der Waals surface area contributed by atoms with Gasteiger partial charge in [-0.2, -0.15) is 0 Å². The van der Waals surface area contributed by atoms with E-state index in [2.05, 4.69) is 17.2 Å². The first-order valence-corrected chi connectivity index (χ1v) is 7.45. The molecular formula is C13H20N2O3S. The van der Waals surface area contributed by atoms with Gasteiger partial charge in [0.1, 0.15) is 0 Å². The Hall–Kier alpha value is -1.14. The normalized spacial score (nSPS) is 23.1. The molecule has 1 aromatic heterocycles. The van der Waals surface area contributed by atoms with E-state index in [1.807, 2.05) is 5.38 Å². The SMILES string of the molecule is CCOC(=O)Cc1csc(NC2(C)CCCOC2)n1. The number of thiazole rings is 1. The lowest BCUT2D eigenvalue weighted by molar-refractivity contribution is -0.142. The second kappa shape index (κ2) is 6.34. The Morgan fingerprint density at radius 1 is 1.68 bits per heavy atom. The average Bonchev–Trinajstić information content (AvgIpc) is 2.76. The third kappa shape index (κ3) is 4.18. The molecule has 1 aliphatic heterocycles. The lowest BCUT2D eigenvalue weighted by atomic mass is 9.95. The van der Waals surface area contributed by atoms with Crippen molar-refractivity contribution >= 4 is 22.4 Å². The first-order chi connectivity index (χ1) is 9.11. The van der Waals surface area contributed by atoms with Crippen molar-refractivity contribution < 1.29 is 14.3 Å². The quantitative estimate of drug-likeness (QED) is 0.840. The fourth-order valence-electron chi connectivity index (χ4n) is 2.10. The van der Waals surface area contributed by atoms with Gasteiger partial charge in [0.2, 0.25) is 0 Å². The van der Waals surface area contributed by atoms with E-state index < -0.39 is 0 Å². The molecular weight excluding hydrogens is 264 g/mol. The zero-order valence-corrected chi connectivity index (χ0v) is 12.2. The first-order valence-electron chi connectivity index (χ1n) is 6.57. The predicted octanol–water partition coefficient (Wildman–Crippen LogP) is 2.23. The summed E-state index contributed by atoms with van der Waals surface area (Å²) in [4.78, 5) is 15.8. The van der Waals surface area contributed by atoms with Crippen LogP contribution in [0.5, 0.6) is 0 Å². The maximum Gasteiger partial charge on any atom is 0.311 e. The molecule has 0 radical (unpaired) electrons. The van der Waals surface area contributed by atoms with Crippen LogP contribution in [0.4, 0.5) is 5.13 Å². The van der Waals surface area contributed by atoms with Crippen molar-refractivity contribution in [1.29, 1.82) is 0 Å². The van der Waals surface area contributed by atoms with Crippen LogP contribution in [0, 0.1) is 0 Å². The van der Waals surface area contributed by atoms with Crippen molar-refractivity contribution in [3.05, 3.63) is 11.1 Å². The number of rotatable bonds is 5. The highest BCUT2D eigenvalue weighted by Gasteiger charge is 2.28. The lowest BCUT2D eigenvalue weighted by Crippen LogP contribution is -2.43. The van der Waals surface area contributed by atoms with Crippen LogP contribution in [0.25, 0.3) is 0 Å². The minimum absolute atomic E-state index is 0.0582. The van der Waals surface area contributed by atoms with Crippen molar-refractivity contribution in [3.8, 4) is 0 Å². The van der Waals surface area contributed by atoms with Crippen LogP contribution in [0.15, 0.2) is 5.38 Å². The molecule has 1 unspecified atom stereocenters. The van der Waals surface area contributed by atoms with E-state index in [1.165, 1.54) is 11.3 Å². The molecule has 19 heavy (non-hydrogen) atoms. The molecule has 0 aliphatic carbocycles. The van der Waals surface area contributed by atoms with Crippen molar-refractivity contribution in [2.75, 3.05) is 25.1 Å². The molecule has 6 heteroatoms. The van der Waals surface area contributed by atoms with Gasteiger partial charge in [-0.15, -0.1) is 11.3 Å². The number of carbonyl (C=O) groups is 1. The Kier molecular flexibility index (Phi) is 4.76. The number of hydrogen-bond acceptors (Lipinski definition) is 6. The summed E-state index contributed by atoms with van der Waals surface area (Å²) in [6.45, 7) is 5.88. The molecule has 0 bridgehead atoms. The first kappa shape index (κ1) is 14.3. The van der Waals surface area contributed by atoms with Gasteiger partial charge < -0.3 is 14.8 Å². The van der Waals surface area contributed by atoms with Gasteiger partial charge in [0.05, 0.1) is 30.9 Å². The van der Waals surface area contributed by atoms with Crippen LogP contribution < -0.4 is 5.32 Å². The summed E-state index contributed by atoms with van der Waals surface area (Å²) in [7, 11) is 0. The number of carbonyl (C=O) groups excluding carboxylic acids is 1. The predicted molar refractivity (Wildman–Crippen MR) is 74.5 cm³/mol. The molecule has 1 aliphatic rings. The topological polar surface area (TPSA) is 60.5 Å². The summed E-state index contributed by atoms with van der Waals surface area (Å²) in [5.41, 5.74) is 0.698. The Bertz CT molecular complexity index is 427. The molecule has 1 atom stereocenters. The number of hydrogen-bond donors (Lipinski definition) is 1. The fourth-order valence-corrected chi connectivity index (χ4v) is 2.96. The van der Waals surface area contributed by atoms with Gasteiger partial charge in [0.15, 0.2) is 5.13 Å². The Morgan fingerprint density at radius 2 is 2.53 bits per heavy atom. The zero-order chi connectivity index (χ0) is 13.7. The molecule has 1 N–H and O–H groups in total. The molecule has 5 nitrogen and oxygen atoms in total. The third-order valence-corrected chi connectivity index (χ3v) is 3.84. The fraction of sp³-hybridized carbons (Fsp3) is 0.692. The minimum Gasteiger partial charge on any atom is -0.466 e. The molecule has 0 aromatic carbocycles. The maximum atomic E-state index is 11.4. The van der Waals surface area contributed by atoms with Gasteiger partial charge in [-0.1, -0.05) is 0 Å². The minimum atomic E-state index is -0.230. The molecule has 2 heterocycles. The molecule has 106 valence electrons. The summed E-state index contributed by atoms with van der Waals surface area (Å²) in [5.74, 6) is -0.230. The molecule has 1 aromatic rings. The van der Waals surface area contributed by atoms with E-state index in [-0.39, 0.29) is 17.9 Å². The summed E-state index contributed by atoms with van der Waals surface area (Å²) in [6.07, 6.45) is 2.36. The number of esters is 1. The van der Waals surface area contributed by atoms with Gasteiger partial charge in [-0.25, -0.2) is 4.98 Å². The van der Waals surface area contributed by atoms with E-state index in [0.29, 0.717) is 13.2 Å². The van der Waals surface area contributed by atoms with Crippen LogP contribution in [-0.4, -0.2) is 36.3 Å². The highest BCUT2D eigenvalue weighted by molar-refractivity contribution is 7.13. The van der Waals surface area contributed by atoms with Crippen molar-refractivity contribution in [2.24, 2.45) is 0 Å². The Morgan fingerprint density at radius 3 is 3.21 bits per heavy atom. The monoisotopic (exact) mass is 284 g/mol. The van der Waals surface area contributed by atoms with Crippen LogP contribution in [0.3, 0.4) is 0 Å². The van der Waals surface area contributed by atoms with Gasteiger partial charge >= 0.3 is 5.97 Å². The van der Waals surface area contributed by atoms with Crippen LogP contribution in [0.1, 0.15) is 32.4 Å². The van der Waals surface area contributed by atoms with E-state index in [1.54, 1.807) is 6.92 Å². The van der Waals surface area contributed by atoms with Gasteiger partial charge in [-0.3, -0.25) is 4.79 Å². The molecule has 2 rings (SSSR count). The summed E-state index contributed by atoms with van der Waals surface area (Å²) >= 11 is 1.52. The molecule has 1 fully saturated rings. The zero-order valence-electron chi connectivity index (χ0n) is 11.4. The standard InChI is InChI=1S/C13H20N2O3S/c1-3-18-11(16)7-10-8-19-12(14-10)15-13(2)5-4-6-17-9-13/h8H,3-7,9H2,1-2H3,(H,14,15). The van der Waals surface area contributed by atoms with E-state index in [9.17, 15) is 4.79 Å². The summed E-state index contributed by atoms with van der Waals surface area (Å²) in [6, 6.07) is 0. The Labute approximate surface area is 117 Å².